The molecular weight excluding hydrogens is 248 g/mol. The third kappa shape index (κ3) is 2.13. The van der Waals surface area contributed by atoms with Crippen molar-refractivity contribution in [3.63, 3.8) is 0 Å². The number of aromatic nitrogens is 3. The molecule has 0 radical (unpaired) electrons. The maximum absolute atomic E-state index is 11.7. The van der Waals surface area contributed by atoms with E-state index in [1.807, 2.05) is 0 Å². The van der Waals surface area contributed by atoms with Crippen molar-refractivity contribution < 1.29 is 4.79 Å². The van der Waals surface area contributed by atoms with E-state index in [-0.39, 0.29) is 6.03 Å². The zero-order chi connectivity index (χ0) is 12.7. The van der Waals surface area contributed by atoms with Crippen LogP contribution in [-0.2, 0) is 0 Å². The fourth-order valence-electron chi connectivity index (χ4n) is 3.07. The molecule has 2 fully saturated rings. The molecule has 5 nitrogen and oxygen atoms in total. The predicted octanol–water partition coefficient (Wildman–Crippen LogP) is 2.09. The second-order valence-corrected chi connectivity index (χ2v) is 6.69. The van der Waals surface area contributed by atoms with E-state index in [4.69, 9.17) is 0 Å². The van der Waals surface area contributed by atoms with Crippen molar-refractivity contribution in [1.29, 1.82) is 0 Å². The molecule has 2 bridgehead atoms. The van der Waals surface area contributed by atoms with Gasteiger partial charge in [-0.15, -0.1) is 5.10 Å². The van der Waals surface area contributed by atoms with E-state index in [1.54, 1.807) is 25.9 Å². The molecule has 2 saturated carbocycles. The minimum absolute atomic E-state index is 0.151. The van der Waals surface area contributed by atoms with E-state index in [0.717, 1.165) is 17.0 Å². The van der Waals surface area contributed by atoms with Gasteiger partial charge >= 0.3 is 6.03 Å². The summed E-state index contributed by atoms with van der Waals surface area (Å²) < 4.78 is 1.32. The Balaban J connectivity index is 1.65. The second-order valence-electron chi connectivity index (χ2n) is 5.48. The largest absolute Gasteiger partial charge is 0.345 e. The molecule has 3 atom stereocenters. The summed E-state index contributed by atoms with van der Waals surface area (Å²) in [6, 6.07) is -0.151. The Hall–Kier alpha value is -1.04. The van der Waals surface area contributed by atoms with E-state index < -0.39 is 0 Å². The maximum atomic E-state index is 11.7. The smallest absolute Gasteiger partial charge is 0.329 e. The summed E-state index contributed by atoms with van der Waals surface area (Å²) in [6.07, 6.45) is 6.96. The Labute approximate surface area is 111 Å². The summed E-state index contributed by atoms with van der Waals surface area (Å²) in [5.41, 5.74) is 0. The van der Waals surface area contributed by atoms with Gasteiger partial charge in [-0.25, -0.2) is 9.78 Å². The molecule has 0 aromatic carbocycles. The Morgan fingerprint density at radius 2 is 2.28 bits per heavy atom. The first kappa shape index (κ1) is 12.0. The van der Waals surface area contributed by atoms with Gasteiger partial charge in [0.25, 0.3) is 0 Å². The molecule has 0 N–H and O–H groups in total. The van der Waals surface area contributed by atoms with Gasteiger partial charge in [0.05, 0.1) is 0 Å². The summed E-state index contributed by atoms with van der Waals surface area (Å²) in [7, 11) is 3.43. The van der Waals surface area contributed by atoms with Crippen molar-refractivity contribution in [3.05, 3.63) is 6.33 Å². The highest BCUT2D eigenvalue weighted by molar-refractivity contribution is 7.99. The lowest BCUT2D eigenvalue weighted by atomic mass is 10.0. The SMILES string of the molecule is CN(C)C(=O)n1cnc(S[C@@H]2C[C@@H]3CC[C@H]2C3)n1. The Morgan fingerprint density at radius 3 is 2.89 bits per heavy atom. The van der Waals surface area contributed by atoms with Crippen LogP contribution < -0.4 is 0 Å². The van der Waals surface area contributed by atoms with Gasteiger partial charge in [0.15, 0.2) is 0 Å². The lowest BCUT2D eigenvalue weighted by molar-refractivity contribution is 0.215. The Kier molecular flexibility index (Phi) is 3.05. The summed E-state index contributed by atoms with van der Waals surface area (Å²) in [4.78, 5) is 17.4. The molecule has 0 saturated heterocycles. The predicted molar refractivity (Wildman–Crippen MR) is 69.6 cm³/mol. The first-order valence-electron chi connectivity index (χ1n) is 6.43. The molecule has 0 spiro atoms. The molecule has 0 aliphatic heterocycles. The van der Waals surface area contributed by atoms with Gasteiger partial charge in [-0.2, -0.15) is 4.68 Å². The van der Waals surface area contributed by atoms with Crippen molar-refractivity contribution in [2.45, 2.75) is 36.1 Å². The van der Waals surface area contributed by atoms with Gasteiger partial charge in [0.2, 0.25) is 5.16 Å². The number of thioether (sulfide) groups is 1. The van der Waals surface area contributed by atoms with Crippen LogP contribution in [0.25, 0.3) is 0 Å². The van der Waals surface area contributed by atoms with Gasteiger partial charge in [0.1, 0.15) is 6.33 Å². The highest BCUT2D eigenvalue weighted by Crippen LogP contribution is 2.50. The number of carbonyl (C=O) groups excluding carboxylic acids is 1. The normalized spacial score (nSPS) is 29.8. The zero-order valence-electron chi connectivity index (χ0n) is 10.7. The molecular formula is C12H18N4OS. The third-order valence-corrected chi connectivity index (χ3v) is 5.26. The molecule has 18 heavy (non-hydrogen) atoms. The number of hydrogen-bond acceptors (Lipinski definition) is 4. The van der Waals surface area contributed by atoms with Crippen molar-refractivity contribution in [2.24, 2.45) is 11.8 Å². The van der Waals surface area contributed by atoms with Crippen LogP contribution in [0.4, 0.5) is 4.79 Å². The minimum Gasteiger partial charge on any atom is -0.329 e. The molecule has 1 aromatic heterocycles. The fraction of sp³-hybridized carbons (Fsp3) is 0.750. The summed E-state index contributed by atoms with van der Waals surface area (Å²) in [6.45, 7) is 0. The van der Waals surface area contributed by atoms with E-state index in [0.29, 0.717) is 5.25 Å². The lowest BCUT2D eigenvalue weighted by Gasteiger charge is -2.19. The quantitative estimate of drug-likeness (QED) is 0.822. The van der Waals surface area contributed by atoms with Crippen molar-refractivity contribution in [1.82, 2.24) is 19.7 Å². The standard InChI is InChI=1S/C12H18N4OS/c1-15(2)12(17)16-7-13-11(14-16)18-10-6-8-3-4-9(10)5-8/h7-10H,3-6H2,1-2H3/t8-,9+,10-/m1/s1. The van der Waals surface area contributed by atoms with Gasteiger partial charge in [-0.3, -0.25) is 0 Å². The summed E-state index contributed by atoms with van der Waals surface area (Å²) in [5.74, 6) is 1.77. The molecule has 98 valence electrons. The fourth-order valence-corrected chi connectivity index (χ4v) is 4.39. The Bertz CT molecular complexity index is 459. The van der Waals surface area contributed by atoms with Crippen LogP contribution in [0.1, 0.15) is 25.7 Å². The van der Waals surface area contributed by atoms with E-state index in [9.17, 15) is 4.79 Å². The summed E-state index contributed by atoms with van der Waals surface area (Å²) >= 11 is 1.75. The van der Waals surface area contributed by atoms with E-state index >= 15 is 0 Å². The number of nitrogens with zero attached hydrogens (tertiary/aromatic N) is 4. The highest BCUT2D eigenvalue weighted by atomic mass is 32.2. The molecule has 6 heteroatoms. The minimum atomic E-state index is -0.151. The van der Waals surface area contributed by atoms with Crippen molar-refractivity contribution >= 4 is 17.8 Å². The van der Waals surface area contributed by atoms with Crippen LogP contribution in [-0.4, -0.2) is 45.0 Å². The Morgan fingerprint density at radius 1 is 1.44 bits per heavy atom. The van der Waals surface area contributed by atoms with Gasteiger partial charge in [-0.1, -0.05) is 18.2 Å². The van der Waals surface area contributed by atoms with Crippen molar-refractivity contribution in [3.8, 4) is 0 Å². The van der Waals surface area contributed by atoms with Crippen LogP contribution in [0.5, 0.6) is 0 Å². The molecule has 1 amide bonds. The summed E-state index contributed by atoms with van der Waals surface area (Å²) in [5, 5.41) is 5.66. The van der Waals surface area contributed by atoms with Crippen molar-refractivity contribution in [2.75, 3.05) is 14.1 Å². The molecule has 1 aromatic rings. The van der Waals surface area contributed by atoms with E-state index in [1.165, 1.54) is 41.6 Å². The zero-order valence-corrected chi connectivity index (χ0v) is 11.6. The third-order valence-electron chi connectivity index (χ3n) is 3.98. The molecule has 2 aliphatic carbocycles. The number of hydrogen-bond donors (Lipinski definition) is 0. The topological polar surface area (TPSA) is 51.0 Å². The monoisotopic (exact) mass is 266 g/mol. The van der Waals surface area contributed by atoms with Crippen LogP contribution in [0, 0.1) is 11.8 Å². The lowest BCUT2D eigenvalue weighted by Crippen LogP contribution is -2.27. The van der Waals surface area contributed by atoms with Crippen LogP contribution >= 0.6 is 11.8 Å². The molecule has 2 aliphatic rings. The number of amides is 1. The average Bonchev–Trinajstić information content (AvgIpc) is 3.03. The average molecular weight is 266 g/mol. The van der Waals surface area contributed by atoms with Gasteiger partial charge in [-0.05, 0) is 31.1 Å². The van der Waals surface area contributed by atoms with Crippen LogP contribution in [0.3, 0.4) is 0 Å². The highest BCUT2D eigenvalue weighted by Gasteiger charge is 2.40. The first-order chi connectivity index (χ1) is 8.63. The van der Waals surface area contributed by atoms with E-state index in [2.05, 4.69) is 10.1 Å². The number of rotatable bonds is 2. The molecule has 1 heterocycles. The van der Waals surface area contributed by atoms with Crippen LogP contribution in [0.15, 0.2) is 11.5 Å². The number of carbonyl (C=O) groups is 1. The second kappa shape index (κ2) is 4.57. The molecule has 0 unspecified atom stereocenters. The van der Waals surface area contributed by atoms with Gasteiger partial charge < -0.3 is 4.90 Å². The maximum Gasteiger partial charge on any atom is 0.345 e. The molecule has 3 rings (SSSR count). The first-order valence-corrected chi connectivity index (χ1v) is 7.31. The van der Waals surface area contributed by atoms with Gasteiger partial charge in [0, 0.05) is 19.3 Å². The van der Waals surface area contributed by atoms with Crippen LogP contribution in [0.2, 0.25) is 0 Å². The number of fused-ring (bicyclic) bond motifs is 2.